The van der Waals surface area contributed by atoms with Crippen molar-refractivity contribution in [2.75, 3.05) is 20.1 Å². The van der Waals surface area contributed by atoms with Crippen LogP contribution in [0.5, 0.6) is 0 Å². The van der Waals surface area contributed by atoms with Crippen LogP contribution in [0.2, 0.25) is 0 Å². The number of aryl methyl sites for hydroxylation is 1. The predicted molar refractivity (Wildman–Crippen MR) is 87.1 cm³/mol. The molecule has 23 heavy (non-hydrogen) atoms. The SMILES string of the molecule is CNCC1CCCCN1C(=O)c1ccccc1-c1nc(C)no1. The number of piperidine rings is 1. The third kappa shape index (κ3) is 3.27. The summed E-state index contributed by atoms with van der Waals surface area (Å²) < 4.78 is 5.26. The summed E-state index contributed by atoms with van der Waals surface area (Å²) in [6, 6.07) is 7.68. The molecule has 0 bridgehead atoms. The molecule has 1 aromatic heterocycles. The smallest absolute Gasteiger partial charge is 0.258 e. The van der Waals surface area contributed by atoms with Crippen molar-refractivity contribution >= 4 is 5.91 Å². The minimum absolute atomic E-state index is 0.0383. The van der Waals surface area contributed by atoms with E-state index < -0.39 is 0 Å². The quantitative estimate of drug-likeness (QED) is 0.937. The van der Waals surface area contributed by atoms with Crippen LogP contribution in [0.15, 0.2) is 28.8 Å². The number of carbonyl (C=O) groups is 1. The topological polar surface area (TPSA) is 71.3 Å². The van der Waals surface area contributed by atoms with Gasteiger partial charge >= 0.3 is 0 Å². The van der Waals surface area contributed by atoms with Crippen molar-refractivity contribution in [1.82, 2.24) is 20.4 Å². The molecule has 0 radical (unpaired) electrons. The molecule has 1 atom stereocenters. The van der Waals surface area contributed by atoms with E-state index >= 15 is 0 Å². The number of nitrogens with one attached hydrogen (secondary N) is 1. The van der Waals surface area contributed by atoms with Crippen LogP contribution in [-0.2, 0) is 0 Å². The molecular formula is C17H22N4O2. The van der Waals surface area contributed by atoms with E-state index in [1.54, 1.807) is 6.92 Å². The van der Waals surface area contributed by atoms with Crippen LogP contribution in [-0.4, -0.2) is 47.1 Å². The van der Waals surface area contributed by atoms with E-state index in [1.807, 2.05) is 36.2 Å². The zero-order chi connectivity index (χ0) is 16.2. The lowest BCUT2D eigenvalue weighted by atomic mass is 9.99. The molecule has 2 aromatic rings. The molecule has 1 saturated heterocycles. The normalized spacial score (nSPS) is 18.2. The van der Waals surface area contributed by atoms with Gasteiger partial charge in [0.05, 0.1) is 11.1 Å². The zero-order valence-corrected chi connectivity index (χ0v) is 13.6. The summed E-state index contributed by atoms with van der Waals surface area (Å²) in [4.78, 5) is 19.3. The van der Waals surface area contributed by atoms with Gasteiger partial charge in [0.15, 0.2) is 5.82 Å². The fourth-order valence-electron chi connectivity index (χ4n) is 3.13. The molecular weight excluding hydrogens is 292 g/mol. The van der Waals surface area contributed by atoms with Gasteiger partial charge in [-0.3, -0.25) is 4.79 Å². The Morgan fingerprint density at radius 1 is 1.39 bits per heavy atom. The van der Waals surface area contributed by atoms with E-state index in [-0.39, 0.29) is 11.9 Å². The second-order valence-corrected chi connectivity index (χ2v) is 5.90. The minimum Gasteiger partial charge on any atom is -0.334 e. The minimum atomic E-state index is 0.0383. The van der Waals surface area contributed by atoms with Crippen molar-refractivity contribution < 1.29 is 9.32 Å². The van der Waals surface area contributed by atoms with Crippen LogP contribution in [0, 0.1) is 6.92 Å². The number of nitrogens with zero attached hydrogens (tertiary/aromatic N) is 3. The fraction of sp³-hybridized carbons (Fsp3) is 0.471. The van der Waals surface area contributed by atoms with Crippen molar-refractivity contribution in [2.24, 2.45) is 0 Å². The Kier molecular flexibility index (Phi) is 4.71. The molecule has 6 heteroatoms. The molecule has 1 aliphatic rings. The van der Waals surface area contributed by atoms with Crippen LogP contribution < -0.4 is 5.32 Å². The van der Waals surface area contributed by atoms with Crippen molar-refractivity contribution in [1.29, 1.82) is 0 Å². The van der Waals surface area contributed by atoms with E-state index in [1.165, 1.54) is 6.42 Å². The van der Waals surface area contributed by atoms with Gasteiger partial charge in [0.2, 0.25) is 0 Å². The highest BCUT2D eigenvalue weighted by atomic mass is 16.5. The van der Waals surface area contributed by atoms with Gasteiger partial charge < -0.3 is 14.7 Å². The predicted octanol–water partition coefficient (Wildman–Crippen LogP) is 2.26. The molecule has 1 aromatic carbocycles. The summed E-state index contributed by atoms with van der Waals surface area (Å²) in [5, 5.41) is 7.02. The van der Waals surface area contributed by atoms with Crippen molar-refractivity contribution in [3.05, 3.63) is 35.7 Å². The molecule has 1 unspecified atom stereocenters. The molecule has 122 valence electrons. The van der Waals surface area contributed by atoms with Gasteiger partial charge in [-0.25, -0.2) is 0 Å². The average molecular weight is 314 g/mol. The number of likely N-dealkylation sites (tertiary alicyclic amines) is 1. The summed E-state index contributed by atoms with van der Waals surface area (Å²) in [5.74, 6) is 0.998. The van der Waals surface area contributed by atoms with E-state index in [4.69, 9.17) is 4.52 Å². The second-order valence-electron chi connectivity index (χ2n) is 5.90. The standard InChI is InChI=1S/C17H22N4O2/c1-12-19-16(23-20-12)14-8-3-4-9-15(14)17(22)21-10-6-5-7-13(21)11-18-2/h3-4,8-9,13,18H,5-7,10-11H2,1-2H3. The van der Waals surface area contributed by atoms with E-state index in [2.05, 4.69) is 15.5 Å². The second kappa shape index (κ2) is 6.91. The highest BCUT2D eigenvalue weighted by Crippen LogP contribution is 2.26. The summed E-state index contributed by atoms with van der Waals surface area (Å²) in [6.45, 7) is 3.38. The van der Waals surface area contributed by atoms with Crippen LogP contribution in [0.3, 0.4) is 0 Å². The first-order chi connectivity index (χ1) is 11.2. The lowest BCUT2D eigenvalue weighted by Gasteiger charge is -2.36. The lowest BCUT2D eigenvalue weighted by Crippen LogP contribution is -2.48. The molecule has 1 N–H and O–H groups in total. The molecule has 1 amide bonds. The maximum absolute atomic E-state index is 13.1. The van der Waals surface area contributed by atoms with Gasteiger partial charge in [-0.1, -0.05) is 17.3 Å². The Hall–Kier alpha value is -2.21. The maximum atomic E-state index is 13.1. The third-order valence-corrected chi connectivity index (χ3v) is 4.24. The Bertz CT molecular complexity index is 681. The first-order valence-corrected chi connectivity index (χ1v) is 8.06. The first-order valence-electron chi connectivity index (χ1n) is 8.06. The fourth-order valence-corrected chi connectivity index (χ4v) is 3.13. The van der Waals surface area contributed by atoms with Crippen LogP contribution in [0.25, 0.3) is 11.5 Å². The molecule has 2 heterocycles. The summed E-state index contributed by atoms with van der Waals surface area (Å²) in [6.07, 6.45) is 3.25. The molecule has 0 aliphatic carbocycles. The number of carbonyl (C=O) groups excluding carboxylic acids is 1. The van der Waals surface area contributed by atoms with Crippen LogP contribution >= 0.6 is 0 Å². The molecule has 3 rings (SSSR count). The van der Waals surface area contributed by atoms with Crippen LogP contribution in [0.1, 0.15) is 35.4 Å². The van der Waals surface area contributed by atoms with Gasteiger partial charge in [-0.2, -0.15) is 4.98 Å². The van der Waals surface area contributed by atoms with Gasteiger partial charge in [0.1, 0.15) is 0 Å². The number of aromatic nitrogens is 2. The lowest BCUT2D eigenvalue weighted by molar-refractivity contribution is 0.0615. The zero-order valence-electron chi connectivity index (χ0n) is 13.6. The number of likely N-dealkylation sites (N-methyl/N-ethyl adjacent to an activating group) is 1. The number of hydrogen-bond acceptors (Lipinski definition) is 5. The number of amides is 1. The third-order valence-electron chi connectivity index (χ3n) is 4.24. The van der Waals surface area contributed by atoms with E-state index in [0.29, 0.717) is 22.8 Å². The highest BCUT2D eigenvalue weighted by Gasteiger charge is 2.29. The van der Waals surface area contributed by atoms with E-state index in [0.717, 1.165) is 25.9 Å². The van der Waals surface area contributed by atoms with Gasteiger partial charge in [0, 0.05) is 19.1 Å². The highest BCUT2D eigenvalue weighted by molar-refractivity contribution is 6.00. The summed E-state index contributed by atoms with van der Waals surface area (Å²) in [7, 11) is 1.92. The monoisotopic (exact) mass is 314 g/mol. The number of benzene rings is 1. The summed E-state index contributed by atoms with van der Waals surface area (Å²) in [5.41, 5.74) is 1.33. The van der Waals surface area contributed by atoms with Crippen LogP contribution in [0.4, 0.5) is 0 Å². The molecule has 1 fully saturated rings. The van der Waals surface area contributed by atoms with Crippen molar-refractivity contribution in [3.63, 3.8) is 0 Å². The maximum Gasteiger partial charge on any atom is 0.258 e. The number of rotatable bonds is 4. The van der Waals surface area contributed by atoms with Gasteiger partial charge in [0.25, 0.3) is 11.8 Å². The van der Waals surface area contributed by atoms with Gasteiger partial charge in [-0.15, -0.1) is 0 Å². The molecule has 1 aliphatic heterocycles. The molecule has 6 nitrogen and oxygen atoms in total. The Morgan fingerprint density at radius 3 is 2.96 bits per heavy atom. The Labute approximate surface area is 135 Å². The van der Waals surface area contributed by atoms with Gasteiger partial charge in [-0.05, 0) is 45.4 Å². The van der Waals surface area contributed by atoms with E-state index in [9.17, 15) is 4.79 Å². The van der Waals surface area contributed by atoms with Crippen molar-refractivity contribution in [2.45, 2.75) is 32.2 Å². The first kappa shape index (κ1) is 15.7. The Morgan fingerprint density at radius 2 is 2.22 bits per heavy atom. The van der Waals surface area contributed by atoms with Crippen molar-refractivity contribution in [3.8, 4) is 11.5 Å². The molecule has 0 spiro atoms. The number of hydrogen-bond donors (Lipinski definition) is 1. The Balaban J connectivity index is 1.93. The molecule has 0 saturated carbocycles. The summed E-state index contributed by atoms with van der Waals surface area (Å²) >= 11 is 0. The average Bonchev–Trinajstić information content (AvgIpc) is 3.01. The largest absolute Gasteiger partial charge is 0.334 e.